The molecule has 1 saturated carbocycles. The van der Waals surface area contributed by atoms with Gasteiger partial charge < -0.3 is 10.4 Å². The van der Waals surface area contributed by atoms with Crippen molar-refractivity contribution in [1.82, 2.24) is 5.32 Å². The molecule has 3 atom stereocenters. The SMILES string of the molecule is CC(=O)[C@@H](CC1CC1)[C@@H](CCC(F)(F)F)C(=O)N[C@H]1N=C(c2cccc(F)c2)c2cccc(CO)c2CC1=O. The highest BCUT2D eigenvalue weighted by molar-refractivity contribution is 6.16. The summed E-state index contributed by atoms with van der Waals surface area (Å²) in [6, 6.07) is 10.5. The monoisotopic (exact) mass is 546 g/mol. The second-order valence-electron chi connectivity index (χ2n) is 10.3. The van der Waals surface area contributed by atoms with E-state index in [0.717, 1.165) is 12.8 Å². The maximum absolute atomic E-state index is 14.1. The molecule has 1 fully saturated rings. The summed E-state index contributed by atoms with van der Waals surface area (Å²) in [6.45, 7) is 0.899. The van der Waals surface area contributed by atoms with Gasteiger partial charge in [-0.25, -0.2) is 4.39 Å². The topological polar surface area (TPSA) is 95.8 Å². The first kappa shape index (κ1) is 28.6. The number of hydrogen-bond donors (Lipinski definition) is 2. The van der Waals surface area contributed by atoms with E-state index in [1.54, 1.807) is 24.3 Å². The van der Waals surface area contributed by atoms with Crippen LogP contribution in [0.3, 0.4) is 0 Å². The van der Waals surface area contributed by atoms with Gasteiger partial charge in [-0.05, 0) is 48.9 Å². The number of nitrogens with zero attached hydrogens (tertiary/aromatic N) is 1. The van der Waals surface area contributed by atoms with E-state index in [-0.39, 0.29) is 30.4 Å². The Hall–Kier alpha value is -3.40. The number of aliphatic hydroxyl groups is 1. The number of halogens is 4. The van der Waals surface area contributed by atoms with Gasteiger partial charge in [-0.1, -0.05) is 43.2 Å². The van der Waals surface area contributed by atoms with Gasteiger partial charge in [0.1, 0.15) is 11.6 Å². The number of Topliss-reactive ketones (excluding diaryl/α,β-unsaturated/α-hetero) is 2. The fraction of sp³-hybridized carbons (Fsp3) is 0.448. The van der Waals surface area contributed by atoms with Crippen LogP contribution in [-0.4, -0.2) is 40.6 Å². The van der Waals surface area contributed by atoms with Crippen LogP contribution in [-0.2, 0) is 27.4 Å². The molecule has 2 N–H and O–H groups in total. The molecule has 0 bridgehead atoms. The van der Waals surface area contributed by atoms with E-state index in [2.05, 4.69) is 10.3 Å². The Labute approximate surface area is 223 Å². The van der Waals surface area contributed by atoms with Gasteiger partial charge in [0.2, 0.25) is 5.91 Å². The molecule has 1 heterocycles. The van der Waals surface area contributed by atoms with E-state index in [9.17, 15) is 37.1 Å². The molecule has 0 aromatic heterocycles. The van der Waals surface area contributed by atoms with Crippen LogP contribution in [0.2, 0.25) is 0 Å². The average molecular weight is 547 g/mol. The molecule has 2 aromatic rings. The molecule has 39 heavy (non-hydrogen) atoms. The number of benzene rings is 2. The molecule has 0 spiro atoms. The Morgan fingerprint density at radius 1 is 1.13 bits per heavy atom. The molecular formula is C29H30F4N2O4. The summed E-state index contributed by atoms with van der Waals surface area (Å²) in [6.07, 6.45) is -6.04. The number of aliphatic hydroxyl groups excluding tert-OH is 1. The summed E-state index contributed by atoms with van der Waals surface area (Å²) >= 11 is 0. The molecule has 6 nitrogen and oxygen atoms in total. The van der Waals surface area contributed by atoms with Gasteiger partial charge in [0, 0.05) is 35.8 Å². The lowest BCUT2D eigenvalue weighted by atomic mass is 9.81. The first-order valence-corrected chi connectivity index (χ1v) is 12.9. The Morgan fingerprint density at radius 2 is 1.85 bits per heavy atom. The molecule has 208 valence electrons. The lowest BCUT2D eigenvalue weighted by Gasteiger charge is -2.26. The highest BCUT2D eigenvalue weighted by Gasteiger charge is 2.40. The number of carbonyl (C=O) groups is 3. The number of hydrogen-bond acceptors (Lipinski definition) is 5. The van der Waals surface area contributed by atoms with Crippen molar-refractivity contribution in [1.29, 1.82) is 0 Å². The second-order valence-corrected chi connectivity index (χ2v) is 10.3. The van der Waals surface area contributed by atoms with E-state index in [0.29, 0.717) is 28.7 Å². The average Bonchev–Trinajstić information content (AvgIpc) is 3.70. The van der Waals surface area contributed by atoms with Gasteiger partial charge in [0.25, 0.3) is 0 Å². The number of fused-ring (bicyclic) bond motifs is 1. The van der Waals surface area contributed by atoms with Gasteiger partial charge in [0.15, 0.2) is 11.9 Å². The molecule has 1 amide bonds. The van der Waals surface area contributed by atoms with Crippen molar-refractivity contribution in [3.63, 3.8) is 0 Å². The molecule has 1 aliphatic heterocycles. The van der Waals surface area contributed by atoms with Crippen molar-refractivity contribution >= 4 is 23.2 Å². The summed E-state index contributed by atoms with van der Waals surface area (Å²) in [7, 11) is 0. The third kappa shape index (κ3) is 7.17. The highest BCUT2D eigenvalue weighted by Crippen LogP contribution is 2.40. The van der Waals surface area contributed by atoms with Crippen molar-refractivity contribution < 1.29 is 37.1 Å². The molecule has 1 aliphatic carbocycles. The molecule has 4 rings (SSSR count). The zero-order chi connectivity index (χ0) is 28.3. The second kappa shape index (κ2) is 11.8. The third-order valence-corrected chi connectivity index (χ3v) is 7.36. The summed E-state index contributed by atoms with van der Waals surface area (Å²) in [4.78, 5) is 43.7. The van der Waals surface area contributed by atoms with Gasteiger partial charge in [-0.3, -0.25) is 19.4 Å². The highest BCUT2D eigenvalue weighted by atomic mass is 19.4. The maximum Gasteiger partial charge on any atom is 0.389 e. The smallest absolute Gasteiger partial charge is 0.389 e. The zero-order valence-electron chi connectivity index (χ0n) is 21.4. The first-order valence-electron chi connectivity index (χ1n) is 12.9. The van der Waals surface area contributed by atoms with Crippen LogP contribution in [0.4, 0.5) is 17.6 Å². The number of carbonyl (C=O) groups excluding carboxylic acids is 3. The fourth-order valence-electron chi connectivity index (χ4n) is 5.14. The molecule has 2 aliphatic rings. The number of alkyl halides is 3. The Balaban J connectivity index is 1.71. The quantitative estimate of drug-likeness (QED) is 0.423. The lowest BCUT2D eigenvalue weighted by molar-refractivity contribution is -0.146. The Bertz CT molecular complexity index is 1290. The van der Waals surface area contributed by atoms with Crippen LogP contribution in [0.25, 0.3) is 0 Å². The normalized spacial score (nSPS) is 19.0. The summed E-state index contributed by atoms with van der Waals surface area (Å²) in [5, 5.41) is 12.4. The Kier molecular flexibility index (Phi) is 8.64. The van der Waals surface area contributed by atoms with Crippen LogP contribution in [0.5, 0.6) is 0 Å². The van der Waals surface area contributed by atoms with Crippen molar-refractivity contribution in [2.45, 2.75) is 64.4 Å². The number of rotatable bonds is 10. The van der Waals surface area contributed by atoms with Crippen LogP contribution < -0.4 is 5.32 Å². The molecule has 2 aromatic carbocycles. The molecule has 0 radical (unpaired) electrons. The van der Waals surface area contributed by atoms with E-state index < -0.39 is 54.5 Å². The number of amides is 1. The Morgan fingerprint density at radius 3 is 2.46 bits per heavy atom. The van der Waals surface area contributed by atoms with E-state index >= 15 is 0 Å². The van der Waals surface area contributed by atoms with Gasteiger partial charge in [-0.15, -0.1) is 0 Å². The van der Waals surface area contributed by atoms with Crippen molar-refractivity contribution in [2.75, 3.05) is 0 Å². The van der Waals surface area contributed by atoms with Crippen molar-refractivity contribution in [3.05, 3.63) is 70.5 Å². The van der Waals surface area contributed by atoms with Crippen LogP contribution in [0.15, 0.2) is 47.5 Å². The van der Waals surface area contributed by atoms with Gasteiger partial charge in [-0.2, -0.15) is 13.2 Å². The predicted octanol–water partition coefficient (Wildman–Crippen LogP) is 4.69. The molecule has 0 saturated heterocycles. The number of nitrogens with one attached hydrogen (secondary N) is 1. The first-order chi connectivity index (χ1) is 18.5. The lowest BCUT2D eigenvalue weighted by Crippen LogP contribution is -2.46. The minimum atomic E-state index is -4.53. The molecule has 0 unspecified atom stereocenters. The summed E-state index contributed by atoms with van der Waals surface area (Å²) < 4.78 is 53.6. The van der Waals surface area contributed by atoms with Gasteiger partial charge >= 0.3 is 6.18 Å². The van der Waals surface area contributed by atoms with E-state index in [1.807, 2.05) is 0 Å². The molecule has 10 heteroatoms. The summed E-state index contributed by atoms with van der Waals surface area (Å²) in [5.41, 5.74) is 1.92. The summed E-state index contributed by atoms with van der Waals surface area (Å²) in [5.74, 6) is -4.34. The number of ketones is 2. The molecular weight excluding hydrogens is 516 g/mol. The number of aliphatic imine (C=N–C) groups is 1. The predicted molar refractivity (Wildman–Crippen MR) is 135 cm³/mol. The van der Waals surface area contributed by atoms with Crippen LogP contribution >= 0.6 is 0 Å². The minimum Gasteiger partial charge on any atom is -0.392 e. The van der Waals surface area contributed by atoms with Crippen LogP contribution in [0.1, 0.15) is 61.3 Å². The van der Waals surface area contributed by atoms with Crippen molar-refractivity contribution in [3.8, 4) is 0 Å². The third-order valence-electron chi connectivity index (χ3n) is 7.36. The largest absolute Gasteiger partial charge is 0.392 e. The minimum absolute atomic E-state index is 0.184. The zero-order valence-corrected chi connectivity index (χ0v) is 21.4. The van der Waals surface area contributed by atoms with Crippen molar-refractivity contribution in [2.24, 2.45) is 22.7 Å². The maximum atomic E-state index is 14.1. The van der Waals surface area contributed by atoms with Crippen LogP contribution in [0, 0.1) is 23.6 Å². The van der Waals surface area contributed by atoms with E-state index in [4.69, 9.17) is 0 Å². The fourth-order valence-corrected chi connectivity index (χ4v) is 5.14. The standard InChI is InChI=1S/C29H30F4N2O4/c1-16(37)23(12-17-8-9-17)22(10-11-29(31,32)33)28(39)35-27-25(38)14-24-19(15-36)5-3-7-21(24)26(34-27)18-4-2-6-20(30)13-18/h2-7,13,17,22-23,27,36H,8-12,14-15H2,1H3,(H,35,39)/t22-,23-,27-/m1/s1. The van der Waals surface area contributed by atoms with Gasteiger partial charge in [0.05, 0.1) is 12.3 Å². The van der Waals surface area contributed by atoms with E-state index in [1.165, 1.54) is 25.1 Å².